The summed E-state index contributed by atoms with van der Waals surface area (Å²) in [5.41, 5.74) is 2.16. The lowest BCUT2D eigenvalue weighted by Gasteiger charge is -2.24. The third kappa shape index (κ3) is 3.25. The van der Waals surface area contributed by atoms with Crippen molar-refractivity contribution in [1.29, 1.82) is 0 Å². The van der Waals surface area contributed by atoms with Gasteiger partial charge in [0.1, 0.15) is 11.6 Å². The highest BCUT2D eigenvalue weighted by Crippen LogP contribution is 2.34. The molecule has 106 valence electrons. The van der Waals surface area contributed by atoms with E-state index in [1.807, 2.05) is 11.8 Å². The Morgan fingerprint density at radius 3 is 2.58 bits per heavy atom. The molecule has 1 aliphatic carbocycles. The van der Waals surface area contributed by atoms with Crippen molar-refractivity contribution in [1.82, 2.24) is 9.97 Å². The SMILES string of the molecule is CCCN(c1cc(NN)nc(C(F)(F)F)n1)C1CC1. The molecule has 3 N–H and O–H groups in total. The molecule has 0 amide bonds. The molecule has 1 fully saturated rings. The summed E-state index contributed by atoms with van der Waals surface area (Å²) < 4.78 is 38.2. The van der Waals surface area contributed by atoms with E-state index in [2.05, 4.69) is 15.4 Å². The number of nitrogen functional groups attached to an aromatic ring is 1. The molecular formula is C11H16F3N5. The Hall–Kier alpha value is -1.57. The van der Waals surface area contributed by atoms with E-state index in [-0.39, 0.29) is 17.7 Å². The fraction of sp³-hybridized carbons (Fsp3) is 0.636. The summed E-state index contributed by atoms with van der Waals surface area (Å²) in [6, 6.07) is 1.73. The first-order chi connectivity index (χ1) is 8.95. The van der Waals surface area contributed by atoms with Crippen LogP contribution in [0.2, 0.25) is 0 Å². The van der Waals surface area contributed by atoms with E-state index in [1.54, 1.807) is 0 Å². The Morgan fingerprint density at radius 2 is 2.11 bits per heavy atom. The van der Waals surface area contributed by atoms with Crippen LogP contribution in [0.15, 0.2) is 6.07 Å². The second-order valence-corrected chi connectivity index (χ2v) is 4.50. The molecule has 1 saturated carbocycles. The molecule has 0 radical (unpaired) electrons. The Kier molecular flexibility index (Phi) is 3.79. The number of rotatable bonds is 5. The van der Waals surface area contributed by atoms with Crippen LogP contribution in [0.4, 0.5) is 24.8 Å². The third-order valence-electron chi connectivity index (χ3n) is 2.86. The molecule has 5 nitrogen and oxygen atoms in total. The molecule has 2 rings (SSSR count). The summed E-state index contributed by atoms with van der Waals surface area (Å²) in [4.78, 5) is 8.86. The lowest BCUT2D eigenvalue weighted by Crippen LogP contribution is -2.29. The third-order valence-corrected chi connectivity index (χ3v) is 2.86. The minimum Gasteiger partial charge on any atom is -0.353 e. The van der Waals surface area contributed by atoms with Gasteiger partial charge < -0.3 is 10.3 Å². The topological polar surface area (TPSA) is 67.1 Å². The van der Waals surface area contributed by atoms with Gasteiger partial charge in [-0.05, 0) is 19.3 Å². The van der Waals surface area contributed by atoms with Crippen LogP contribution >= 0.6 is 0 Å². The van der Waals surface area contributed by atoms with E-state index >= 15 is 0 Å². The van der Waals surface area contributed by atoms with Crippen LogP contribution in [-0.2, 0) is 6.18 Å². The summed E-state index contributed by atoms with van der Waals surface area (Å²) in [6.45, 7) is 2.65. The maximum absolute atomic E-state index is 12.7. The number of hydrogen-bond acceptors (Lipinski definition) is 5. The fourth-order valence-corrected chi connectivity index (χ4v) is 1.89. The van der Waals surface area contributed by atoms with Gasteiger partial charge in [0, 0.05) is 18.7 Å². The second kappa shape index (κ2) is 5.20. The van der Waals surface area contributed by atoms with Crippen LogP contribution in [0, 0.1) is 0 Å². The lowest BCUT2D eigenvalue weighted by atomic mass is 10.3. The highest BCUT2D eigenvalue weighted by Gasteiger charge is 2.37. The van der Waals surface area contributed by atoms with E-state index in [1.165, 1.54) is 6.07 Å². The molecule has 8 heteroatoms. The van der Waals surface area contributed by atoms with Crippen molar-refractivity contribution >= 4 is 11.6 Å². The van der Waals surface area contributed by atoms with Crippen molar-refractivity contribution < 1.29 is 13.2 Å². The van der Waals surface area contributed by atoms with Crippen molar-refractivity contribution in [3.05, 3.63) is 11.9 Å². The number of hydrogen-bond donors (Lipinski definition) is 2. The summed E-state index contributed by atoms with van der Waals surface area (Å²) >= 11 is 0. The zero-order chi connectivity index (χ0) is 14.0. The van der Waals surface area contributed by atoms with E-state index in [0.717, 1.165) is 19.3 Å². The van der Waals surface area contributed by atoms with Crippen molar-refractivity contribution in [2.24, 2.45) is 5.84 Å². The van der Waals surface area contributed by atoms with Crippen molar-refractivity contribution in [2.75, 3.05) is 16.9 Å². The van der Waals surface area contributed by atoms with Gasteiger partial charge in [-0.3, -0.25) is 0 Å². The number of halogens is 3. The van der Waals surface area contributed by atoms with E-state index in [0.29, 0.717) is 6.54 Å². The molecule has 0 saturated heterocycles. The van der Waals surface area contributed by atoms with Crippen molar-refractivity contribution in [3.63, 3.8) is 0 Å². The molecule has 0 spiro atoms. The van der Waals surface area contributed by atoms with Gasteiger partial charge in [0.15, 0.2) is 0 Å². The average Bonchev–Trinajstić information content (AvgIpc) is 3.18. The van der Waals surface area contributed by atoms with E-state index in [4.69, 9.17) is 5.84 Å². The monoisotopic (exact) mass is 275 g/mol. The summed E-state index contributed by atoms with van der Waals surface area (Å²) in [5.74, 6) is 4.25. The highest BCUT2D eigenvalue weighted by atomic mass is 19.4. The molecule has 0 atom stereocenters. The van der Waals surface area contributed by atoms with E-state index < -0.39 is 12.0 Å². The first-order valence-corrected chi connectivity index (χ1v) is 6.15. The predicted molar refractivity (Wildman–Crippen MR) is 65.5 cm³/mol. The average molecular weight is 275 g/mol. The van der Waals surface area contributed by atoms with Crippen LogP contribution in [0.3, 0.4) is 0 Å². The van der Waals surface area contributed by atoms with Crippen LogP contribution < -0.4 is 16.2 Å². The number of alkyl halides is 3. The number of nitrogens with zero attached hydrogens (tertiary/aromatic N) is 3. The largest absolute Gasteiger partial charge is 0.451 e. The minimum atomic E-state index is -4.58. The molecule has 0 aliphatic heterocycles. The van der Waals surface area contributed by atoms with Crippen LogP contribution in [0.1, 0.15) is 32.0 Å². The van der Waals surface area contributed by atoms with Crippen molar-refractivity contribution in [2.45, 2.75) is 38.4 Å². The molecule has 0 aromatic carbocycles. The standard InChI is InChI=1S/C11H16F3N5/c1-2-5-19(7-3-4-7)9-6-8(18-15)16-10(17-9)11(12,13)14/h6-7H,2-5,15H2,1H3,(H,16,17,18). The molecule has 0 unspecified atom stereocenters. The Bertz CT molecular complexity index is 444. The maximum atomic E-state index is 12.7. The molecule has 1 heterocycles. The van der Waals surface area contributed by atoms with Gasteiger partial charge in [-0.15, -0.1) is 0 Å². The van der Waals surface area contributed by atoms with Crippen LogP contribution in [0.5, 0.6) is 0 Å². The minimum absolute atomic E-state index is 0.0286. The number of aromatic nitrogens is 2. The van der Waals surface area contributed by atoms with Gasteiger partial charge in [0.05, 0.1) is 0 Å². The number of nitrogens with two attached hydrogens (primary N) is 1. The van der Waals surface area contributed by atoms with Crippen molar-refractivity contribution in [3.8, 4) is 0 Å². The quantitative estimate of drug-likeness (QED) is 0.636. The van der Waals surface area contributed by atoms with Gasteiger partial charge in [0.25, 0.3) is 0 Å². The van der Waals surface area contributed by atoms with Gasteiger partial charge in [-0.2, -0.15) is 13.2 Å². The van der Waals surface area contributed by atoms with Gasteiger partial charge in [0.2, 0.25) is 5.82 Å². The lowest BCUT2D eigenvalue weighted by molar-refractivity contribution is -0.144. The fourth-order valence-electron chi connectivity index (χ4n) is 1.89. The van der Waals surface area contributed by atoms with E-state index in [9.17, 15) is 13.2 Å². The Labute approximate surface area is 109 Å². The van der Waals surface area contributed by atoms with Crippen LogP contribution in [-0.4, -0.2) is 22.6 Å². The molecule has 0 bridgehead atoms. The molecular weight excluding hydrogens is 259 g/mol. The molecule has 1 aliphatic rings. The predicted octanol–water partition coefficient (Wildman–Crippen LogP) is 2.16. The zero-order valence-corrected chi connectivity index (χ0v) is 10.5. The Morgan fingerprint density at radius 1 is 1.42 bits per heavy atom. The number of hydrazine groups is 1. The van der Waals surface area contributed by atoms with Gasteiger partial charge >= 0.3 is 6.18 Å². The normalized spacial score (nSPS) is 15.4. The number of anilines is 2. The summed E-state index contributed by atoms with van der Waals surface area (Å²) in [7, 11) is 0. The van der Waals surface area contributed by atoms with Gasteiger partial charge in [-0.25, -0.2) is 15.8 Å². The maximum Gasteiger partial charge on any atom is 0.451 e. The zero-order valence-electron chi connectivity index (χ0n) is 10.5. The van der Waals surface area contributed by atoms with Gasteiger partial charge in [-0.1, -0.05) is 6.92 Å². The highest BCUT2D eigenvalue weighted by molar-refractivity contribution is 5.50. The molecule has 1 aromatic heterocycles. The Balaban J connectivity index is 2.37. The number of nitrogens with one attached hydrogen (secondary N) is 1. The van der Waals surface area contributed by atoms with Crippen LogP contribution in [0.25, 0.3) is 0 Å². The first kappa shape index (κ1) is 13.9. The summed E-state index contributed by atoms with van der Waals surface area (Å²) in [6.07, 6.45) is -1.77. The second-order valence-electron chi connectivity index (χ2n) is 4.50. The summed E-state index contributed by atoms with van der Waals surface area (Å²) in [5, 5.41) is 0. The molecule has 19 heavy (non-hydrogen) atoms. The smallest absolute Gasteiger partial charge is 0.353 e. The first-order valence-electron chi connectivity index (χ1n) is 6.15. The molecule has 1 aromatic rings.